The number of terminal acetylenes is 1. The molecule has 0 amide bonds. The summed E-state index contributed by atoms with van der Waals surface area (Å²) in [4.78, 5) is 27.5. The van der Waals surface area contributed by atoms with Gasteiger partial charge in [-0.1, -0.05) is 11.0 Å². The largest absolute Gasteiger partial charge is 0.394 e. The van der Waals surface area contributed by atoms with E-state index in [9.17, 15) is 19.8 Å². The minimum atomic E-state index is -1.93. The molecular weight excluding hydrogens is 282 g/mol. The number of ether oxygens (including phenoxy) is 1. The number of nitrogens with zero attached hydrogens (tertiary/aromatic N) is 4. The van der Waals surface area contributed by atoms with E-state index in [4.69, 9.17) is 16.7 Å². The highest BCUT2D eigenvalue weighted by Crippen LogP contribution is 2.40. The minimum absolute atomic E-state index is 0.597. The second-order valence-electron chi connectivity index (χ2n) is 4.33. The van der Waals surface area contributed by atoms with Gasteiger partial charge in [-0.2, -0.15) is 0 Å². The Labute approximate surface area is 117 Å². The highest BCUT2D eigenvalue weighted by atomic mass is 16.5. The number of aliphatic hydroxyl groups is 2. The zero-order chi connectivity index (χ0) is 15.6. The predicted octanol–water partition coefficient (Wildman–Crippen LogP) is -1.53. The third-order valence-electron chi connectivity index (χ3n) is 3.21. The van der Waals surface area contributed by atoms with Crippen molar-refractivity contribution in [1.29, 1.82) is 0 Å². The topological polar surface area (TPSA) is 153 Å². The average molecular weight is 293 g/mol. The van der Waals surface area contributed by atoms with Crippen LogP contribution in [0.1, 0.15) is 6.23 Å². The van der Waals surface area contributed by atoms with E-state index < -0.39 is 41.8 Å². The highest BCUT2D eigenvalue weighted by Gasteiger charge is 2.56. The lowest BCUT2D eigenvalue weighted by Gasteiger charge is -2.26. The SMILES string of the molecule is C#C[C@@]1(N=[N+]=[N-])[C@H](O)[C@@H](CO)O[C@H]1n1ccc(=O)[nH]c1=O. The fourth-order valence-corrected chi connectivity index (χ4v) is 2.17. The first-order valence-electron chi connectivity index (χ1n) is 5.80. The van der Waals surface area contributed by atoms with Crippen LogP contribution in [0, 0.1) is 12.3 Å². The Kier molecular flexibility index (Phi) is 3.84. The van der Waals surface area contributed by atoms with Gasteiger partial charge in [0.1, 0.15) is 12.2 Å². The van der Waals surface area contributed by atoms with Crippen molar-refractivity contribution in [2.75, 3.05) is 6.61 Å². The van der Waals surface area contributed by atoms with Crippen LogP contribution >= 0.6 is 0 Å². The molecule has 10 nitrogen and oxygen atoms in total. The summed E-state index contributed by atoms with van der Waals surface area (Å²) in [5, 5.41) is 22.7. The minimum Gasteiger partial charge on any atom is -0.394 e. The quantitative estimate of drug-likeness (QED) is 0.267. The molecule has 4 atom stereocenters. The van der Waals surface area contributed by atoms with E-state index in [1.807, 2.05) is 4.98 Å². The van der Waals surface area contributed by atoms with Crippen LogP contribution in [-0.4, -0.2) is 44.1 Å². The summed E-state index contributed by atoms with van der Waals surface area (Å²) in [6, 6.07) is 1.04. The summed E-state index contributed by atoms with van der Waals surface area (Å²) in [6.45, 7) is -0.597. The van der Waals surface area contributed by atoms with Crippen LogP contribution in [0.3, 0.4) is 0 Å². The molecule has 1 aliphatic rings. The van der Waals surface area contributed by atoms with E-state index in [0.29, 0.717) is 0 Å². The molecule has 3 N–H and O–H groups in total. The summed E-state index contributed by atoms with van der Waals surface area (Å²) in [6.07, 6.45) is 2.41. The Morgan fingerprint density at radius 1 is 1.67 bits per heavy atom. The lowest BCUT2D eigenvalue weighted by molar-refractivity contribution is -0.0477. The van der Waals surface area contributed by atoms with Gasteiger partial charge in [0.2, 0.25) is 0 Å². The Morgan fingerprint density at radius 3 is 2.90 bits per heavy atom. The van der Waals surface area contributed by atoms with E-state index >= 15 is 0 Å². The number of azide groups is 1. The summed E-state index contributed by atoms with van der Waals surface area (Å²) in [5.41, 5.74) is 5.25. The third kappa shape index (κ3) is 2.20. The number of rotatable bonds is 3. The Bertz CT molecular complexity index is 742. The van der Waals surface area contributed by atoms with Crippen molar-refractivity contribution in [3.05, 3.63) is 43.5 Å². The summed E-state index contributed by atoms with van der Waals surface area (Å²) in [7, 11) is 0. The van der Waals surface area contributed by atoms with Crippen LogP contribution in [0.2, 0.25) is 0 Å². The van der Waals surface area contributed by atoms with Gasteiger partial charge in [0.25, 0.3) is 5.56 Å². The normalized spacial score (nSPS) is 31.4. The molecule has 0 aliphatic carbocycles. The highest BCUT2D eigenvalue weighted by molar-refractivity contribution is 5.24. The van der Waals surface area contributed by atoms with E-state index in [1.54, 1.807) is 0 Å². The van der Waals surface area contributed by atoms with Gasteiger partial charge in [0.15, 0.2) is 11.8 Å². The fraction of sp³-hybridized carbons (Fsp3) is 0.455. The number of nitrogens with one attached hydrogen (secondary N) is 1. The molecule has 0 saturated carbocycles. The lowest BCUT2D eigenvalue weighted by atomic mass is 9.92. The number of hydrogen-bond donors (Lipinski definition) is 3. The molecule has 0 unspecified atom stereocenters. The van der Waals surface area contributed by atoms with Crippen molar-refractivity contribution in [1.82, 2.24) is 9.55 Å². The molecule has 21 heavy (non-hydrogen) atoms. The molecule has 0 aromatic carbocycles. The number of aromatic amines is 1. The molecule has 1 aromatic heterocycles. The zero-order valence-corrected chi connectivity index (χ0v) is 10.6. The monoisotopic (exact) mass is 293 g/mol. The molecule has 1 fully saturated rings. The van der Waals surface area contributed by atoms with Gasteiger partial charge in [0.05, 0.1) is 6.61 Å². The lowest BCUT2D eigenvalue weighted by Crippen LogP contribution is -2.46. The van der Waals surface area contributed by atoms with E-state index in [0.717, 1.165) is 16.8 Å². The zero-order valence-electron chi connectivity index (χ0n) is 10.6. The van der Waals surface area contributed by atoms with Crippen molar-refractivity contribution in [3.8, 4) is 12.3 Å². The number of aliphatic hydroxyl groups excluding tert-OH is 2. The summed E-state index contributed by atoms with van der Waals surface area (Å²) >= 11 is 0. The van der Waals surface area contributed by atoms with Crippen LogP contribution < -0.4 is 11.2 Å². The number of hydrogen-bond acceptors (Lipinski definition) is 6. The first-order valence-corrected chi connectivity index (χ1v) is 5.80. The predicted molar refractivity (Wildman–Crippen MR) is 69.0 cm³/mol. The first kappa shape index (κ1) is 14.8. The van der Waals surface area contributed by atoms with Gasteiger partial charge in [-0.25, -0.2) is 4.79 Å². The first-order chi connectivity index (χ1) is 10.00. The van der Waals surface area contributed by atoms with Crippen LogP contribution in [-0.2, 0) is 4.74 Å². The molecule has 0 spiro atoms. The van der Waals surface area contributed by atoms with Crippen LogP contribution in [0.5, 0.6) is 0 Å². The summed E-state index contributed by atoms with van der Waals surface area (Å²) < 4.78 is 6.21. The van der Waals surface area contributed by atoms with Gasteiger partial charge in [-0.3, -0.25) is 14.3 Å². The van der Waals surface area contributed by atoms with Crippen LogP contribution in [0.4, 0.5) is 0 Å². The molecule has 10 heteroatoms. The van der Waals surface area contributed by atoms with Crippen molar-refractivity contribution in [2.45, 2.75) is 24.0 Å². The van der Waals surface area contributed by atoms with E-state index in [-0.39, 0.29) is 0 Å². The van der Waals surface area contributed by atoms with Gasteiger partial charge >= 0.3 is 5.69 Å². The Hall–Kier alpha value is -2.57. The molecule has 1 aliphatic heterocycles. The van der Waals surface area contributed by atoms with Crippen molar-refractivity contribution in [2.24, 2.45) is 5.11 Å². The molecule has 2 heterocycles. The summed E-state index contributed by atoms with van der Waals surface area (Å²) in [5.74, 6) is 2.12. The van der Waals surface area contributed by atoms with E-state index in [2.05, 4.69) is 15.9 Å². The van der Waals surface area contributed by atoms with E-state index in [1.165, 1.54) is 0 Å². The molecule has 2 rings (SSSR count). The Balaban J connectivity index is 2.65. The number of aromatic nitrogens is 2. The van der Waals surface area contributed by atoms with Crippen molar-refractivity contribution in [3.63, 3.8) is 0 Å². The standard InChI is InChI=1S/C11H11N5O5/c1-2-11(14-15-12)8(19)6(5-17)21-9(11)16-4-3-7(18)13-10(16)20/h1,3-4,6,8-9,17,19H,5H2,(H,13,18,20)/t6-,8-,9-,11-/m1/s1. The number of H-pyrrole nitrogens is 1. The molecule has 110 valence electrons. The maximum Gasteiger partial charge on any atom is 0.330 e. The molecule has 1 aromatic rings. The third-order valence-corrected chi connectivity index (χ3v) is 3.21. The van der Waals surface area contributed by atoms with Gasteiger partial charge < -0.3 is 14.9 Å². The molecule has 0 radical (unpaired) electrons. The van der Waals surface area contributed by atoms with Crippen molar-refractivity contribution < 1.29 is 14.9 Å². The second kappa shape index (κ2) is 5.43. The van der Waals surface area contributed by atoms with Gasteiger partial charge in [-0.15, -0.1) is 6.42 Å². The Morgan fingerprint density at radius 2 is 2.38 bits per heavy atom. The van der Waals surface area contributed by atoms with Crippen molar-refractivity contribution >= 4 is 0 Å². The average Bonchev–Trinajstić information content (AvgIpc) is 2.73. The van der Waals surface area contributed by atoms with Crippen LogP contribution in [0.15, 0.2) is 27.0 Å². The molecule has 1 saturated heterocycles. The maximum atomic E-state index is 11.8. The van der Waals surface area contributed by atoms with Crippen LogP contribution in [0.25, 0.3) is 10.4 Å². The second-order valence-corrected chi connectivity index (χ2v) is 4.33. The smallest absolute Gasteiger partial charge is 0.330 e. The molecular formula is C11H11N5O5. The maximum absolute atomic E-state index is 11.8. The molecule has 0 bridgehead atoms. The van der Waals surface area contributed by atoms with Gasteiger partial charge in [0, 0.05) is 17.2 Å². The van der Waals surface area contributed by atoms with Gasteiger partial charge in [-0.05, 0) is 5.53 Å². The fourth-order valence-electron chi connectivity index (χ4n) is 2.17.